The van der Waals surface area contributed by atoms with E-state index in [1.807, 2.05) is 32.9 Å². The summed E-state index contributed by atoms with van der Waals surface area (Å²) >= 11 is 5.99. The van der Waals surface area contributed by atoms with Crippen LogP contribution in [-0.2, 0) is 0 Å². The molecule has 0 aliphatic heterocycles. The number of hydrogen-bond acceptors (Lipinski definition) is 1. The Labute approximate surface area is 83.7 Å². The highest BCUT2D eigenvalue weighted by Gasteiger charge is 2.07. The lowest BCUT2D eigenvalue weighted by Gasteiger charge is -2.05. The normalized spacial score (nSPS) is 10.2. The first kappa shape index (κ1) is 10.3. The number of hydrogen-bond donors (Lipinski definition) is 0. The molecule has 0 aliphatic carbocycles. The van der Waals surface area contributed by atoms with E-state index in [0.717, 1.165) is 21.7 Å². The molecule has 1 aromatic carbocycles. The summed E-state index contributed by atoms with van der Waals surface area (Å²) in [6, 6.07) is 3.70. The van der Waals surface area contributed by atoms with Gasteiger partial charge in [-0.15, -0.1) is 0 Å². The molecule has 0 aliphatic rings. The quantitative estimate of drug-likeness (QED) is 0.662. The Hall–Kier alpha value is -0.820. The number of Topliss-reactive ketones (excluding diaryl/α,β-unsaturated/α-hetero) is 1. The van der Waals surface area contributed by atoms with E-state index >= 15 is 0 Å². The van der Waals surface area contributed by atoms with Crippen LogP contribution < -0.4 is 0 Å². The second-order valence-electron chi connectivity index (χ2n) is 3.20. The maximum absolute atomic E-state index is 11.4. The predicted molar refractivity (Wildman–Crippen MR) is 55.5 cm³/mol. The van der Waals surface area contributed by atoms with E-state index in [1.54, 1.807) is 0 Å². The highest BCUT2D eigenvalue weighted by Crippen LogP contribution is 2.22. The zero-order valence-electron chi connectivity index (χ0n) is 8.15. The van der Waals surface area contributed by atoms with Crippen molar-refractivity contribution in [3.63, 3.8) is 0 Å². The molecule has 0 saturated heterocycles. The van der Waals surface area contributed by atoms with Gasteiger partial charge in [0.2, 0.25) is 0 Å². The second kappa shape index (κ2) is 3.93. The van der Waals surface area contributed by atoms with Gasteiger partial charge in [0.1, 0.15) is 0 Å². The van der Waals surface area contributed by atoms with Gasteiger partial charge >= 0.3 is 0 Å². The highest BCUT2D eigenvalue weighted by molar-refractivity contribution is 6.32. The van der Waals surface area contributed by atoms with Crippen molar-refractivity contribution in [3.8, 4) is 0 Å². The zero-order valence-corrected chi connectivity index (χ0v) is 8.90. The second-order valence-corrected chi connectivity index (χ2v) is 3.58. The molecular formula is C11H13ClO. The summed E-state index contributed by atoms with van der Waals surface area (Å²) < 4.78 is 0. The number of carbonyl (C=O) groups excluding carboxylic acids is 1. The first-order valence-corrected chi connectivity index (χ1v) is 4.74. The van der Waals surface area contributed by atoms with Gasteiger partial charge in [0.05, 0.1) is 0 Å². The van der Waals surface area contributed by atoms with E-state index in [2.05, 4.69) is 0 Å². The molecule has 0 saturated carbocycles. The van der Waals surface area contributed by atoms with Crippen LogP contribution in [-0.4, -0.2) is 5.78 Å². The third-order valence-electron chi connectivity index (χ3n) is 2.08. The minimum atomic E-state index is 0.169. The SMILES string of the molecule is CCC(=O)c1cc(C)c(Cl)c(C)c1. The summed E-state index contributed by atoms with van der Waals surface area (Å²) in [5.74, 6) is 0.169. The van der Waals surface area contributed by atoms with Gasteiger partial charge in [-0.3, -0.25) is 4.79 Å². The van der Waals surface area contributed by atoms with Crippen molar-refractivity contribution in [1.29, 1.82) is 0 Å². The number of rotatable bonds is 2. The molecular weight excluding hydrogens is 184 g/mol. The Balaban J connectivity index is 3.20. The number of benzene rings is 1. The lowest BCUT2D eigenvalue weighted by molar-refractivity contribution is 0.0988. The van der Waals surface area contributed by atoms with E-state index < -0.39 is 0 Å². The smallest absolute Gasteiger partial charge is 0.162 e. The molecule has 1 nitrogen and oxygen atoms in total. The van der Waals surface area contributed by atoms with Gasteiger partial charge in [-0.1, -0.05) is 18.5 Å². The Kier molecular flexibility index (Phi) is 3.10. The summed E-state index contributed by atoms with van der Waals surface area (Å²) in [6.07, 6.45) is 0.542. The fourth-order valence-corrected chi connectivity index (χ4v) is 1.42. The first-order valence-electron chi connectivity index (χ1n) is 4.36. The van der Waals surface area contributed by atoms with Crippen molar-refractivity contribution in [2.45, 2.75) is 27.2 Å². The number of aryl methyl sites for hydroxylation is 2. The molecule has 0 aromatic heterocycles. The van der Waals surface area contributed by atoms with Crippen molar-refractivity contribution in [2.75, 3.05) is 0 Å². The Bertz CT molecular complexity index is 319. The molecule has 0 atom stereocenters. The van der Waals surface area contributed by atoms with Gasteiger partial charge < -0.3 is 0 Å². The molecule has 0 amide bonds. The molecule has 1 aromatic rings. The monoisotopic (exact) mass is 196 g/mol. The Morgan fingerprint density at radius 1 is 1.31 bits per heavy atom. The van der Waals surface area contributed by atoms with Crippen LogP contribution in [0.1, 0.15) is 34.8 Å². The highest BCUT2D eigenvalue weighted by atomic mass is 35.5. The molecule has 0 spiro atoms. The van der Waals surface area contributed by atoms with Gasteiger partial charge in [-0.2, -0.15) is 0 Å². The lowest BCUT2D eigenvalue weighted by atomic mass is 10.0. The molecule has 0 N–H and O–H groups in total. The van der Waals surface area contributed by atoms with Crippen LogP contribution in [0.15, 0.2) is 12.1 Å². The average molecular weight is 197 g/mol. The number of halogens is 1. The third-order valence-corrected chi connectivity index (χ3v) is 2.68. The standard InChI is InChI=1S/C11H13ClO/c1-4-10(13)9-5-7(2)11(12)8(3)6-9/h5-6H,4H2,1-3H3. The minimum Gasteiger partial charge on any atom is -0.294 e. The van der Waals surface area contributed by atoms with Crippen LogP contribution in [0.2, 0.25) is 5.02 Å². The largest absolute Gasteiger partial charge is 0.294 e. The lowest BCUT2D eigenvalue weighted by Crippen LogP contribution is -1.98. The van der Waals surface area contributed by atoms with Gasteiger partial charge in [0, 0.05) is 17.0 Å². The third kappa shape index (κ3) is 2.10. The van der Waals surface area contributed by atoms with Crippen molar-refractivity contribution >= 4 is 17.4 Å². The van der Waals surface area contributed by atoms with Crippen molar-refractivity contribution in [3.05, 3.63) is 33.8 Å². The number of carbonyl (C=O) groups is 1. The van der Waals surface area contributed by atoms with Crippen LogP contribution in [0, 0.1) is 13.8 Å². The van der Waals surface area contributed by atoms with E-state index in [1.165, 1.54) is 0 Å². The number of ketones is 1. The maximum Gasteiger partial charge on any atom is 0.162 e. The van der Waals surface area contributed by atoms with Crippen molar-refractivity contribution < 1.29 is 4.79 Å². The predicted octanol–water partition coefficient (Wildman–Crippen LogP) is 3.55. The van der Waals surface area contributed by atoms with E-state index in [-0.39, 0.29) is 5.78 Å². The van der Waals surface area contributed by atoms with E-state index in [0.29, 0.717) is 6.42 Å². The first-order chi connectivity index (χ1) is 6.06. The maximum atomic E-state index is 11.4. The van der Waals surface area contributed by atoms with Crippen LogP contribution in [0.25, 0.3) is 0 Å². The van der Waals surface area contributed by atoms with E-state index in [4.69, 9.17) is 11.6 Å². The summed E-state index contributed by atoms with van der Waals surface area (Å²) in [4.78, 5) is 11.4. The fraction of sp³-hybridized carbons (Fsp3) is 0.364. The molecule has 0 bridgehead atoms. The Morgan fingerprint density at radius 2 is 1.77 bits per heavy atom. The average Bonchev–Trinajstić information content (AvgIpc) is 2.12. The molecule has 0 fully saturated rings. The molecule has 0 unspecified atom stereocenters. The van der Waals surface area contributed by atoms with Gasteiger partial charge in [-0.05, 0) is 37.1 Å². The van der Waals surface area contributed by atoms with Crippen molar-refractivity contribution in [1.82, 2.24) is 0 Å². The van der Waals surface area contributed by atoms with Crippen LogP contribution in [0.3, 0.4) is 0 Å². The molecule has 2 heteroatoms. The van der Waals surface area contributed by atoms with Gasteiger partial charge in [0.15, 0.2) is 5.78 Å². The zero-order chi connectivity index (χ0) is 10.0. The van der Waals surface area contributed by atoms with Crippen LogP contribution in [0.5, 0.6) is 0 Å². The topological polar surface area (TPSA) is 17.1 Å². The van der Waals surface area contributed by atoms with Crippen LogP contribution in [0.4, 0.5) is 0 Å². The summed E-state index contributed by atoms with van der Waals surface area (Å²) in [7, 11) is 0. The molecule has 70 valence electrons. The van der Waals surface area contributed by atoms with Crippen LogP contribution >= 0.6 is 11.6 Å². The molecule has 13 heavy (non-hydrogen) atoms. The van der Waals surface area contributed by atoms with Gasteiger partial charge in [0.25, 0.3) is 0 Å². The summed E-state index contributed by atoms with van der Waals surface area (Å²) in [6.45, 7) is 5.70. The molecule has 0 heterocycles. The molecule has 0 radical (unpaired) electrons. The molecule has 1 rings (SSSR count). The van der Waals surface area contributed by atoms with Gasteiger partial charge in [-0.25, -0.2) is 0 Å². The minimum absolute atomic E-state index is 0.169. The summed E-state index contributed by atoms with van der Waals surface area (Å²) in [5.41, 5.74) is 2.71. The van der Waals surface area contributed by atoms with E-state index in [9.17, 15) is 4.79 Å². The fourth-order valence-electron chi connectivity index (χ4n) is 1.31. The summed E-state index contributed by atoms with van der Waals surface area (Å²) in [5, 5.41) is 0.757. The Morgan fingerprint density at radius 3 is 2.15 bits per heavy atom. The van der Waals surface area contributed by atoms with Crippen molar-refractivity contribution in [2.24, 2.45) is 0 Å².